The minimum atomic E-state index is -0.255. The summed E-state index contributed by atoms with van der Waals surface area (Å²) in [5.41, 5.74) is 2.08. The molecule has 0 bridgehead atoms. The monoisotopic (exact) mass is 312 g/mol. The number of anilines is 2. The summed E-state index contributed by atoms with van der Waals surface area (Å²) in [7, 11) is 0. The summed E-state index contributed by atoms with van der Waals surface area (Å²) in [5, 5.41) is 12.6. The lowest BCUT2D eigenvalue weighted by Gasteiger charge is -2.07. The molecule has 0 unspecified atom stereocenters. The van der Waals surface area contributed by atoms with Gasteiger partial charge in [-0.05, 0) is 37.0 Å². The predicted molar refractivity (Wildman–Crippen MR) is 88.4 cm³/mol. The number of amides is 2. The molecule has 1 saturated carbocycles. The number of rotatable bonds is 5. The molecule has 1 fully saturated rings. The Balaban J connectivity index is 1.67. The Morgan fingerprint density at radius 1 is 1.22 bits per heavy atom. The predicted octanol–water partition coefficient (Wildman–Crippen LogP) is 3.13. The molecule has 0 atom stereocenters. The van der Waals surface area contributed by atoms with Crippen molar-refractivity contribution < 1.29 is 9.59 Å². The third-order valence-electron chi connectivity index (χ3n) is 3.80. The number of nitrogens with one attached hydrogen (secondary N) is 3. The molecule has 23 heavy (non-hydrogen) atoms. The van der Waals surface area contributed by atoms with Gasteiger partial charge in [-0.2, -0.15) is 5.10 Å². The molecular formula is C17H20N4O2. The highest BCUT2D eigenvalue weighted by Gasteiger charge is 2.29. The van der Waals surface area contributed by atoms with E-state index in [0.29, 0.717) is 23.0 Å². The SMILES string of the molecule is CC(C)c1cc(NC(=O)c2cccc(NC(=O)C3CC3)c2)n[nH]1. The summed E-state index contributed by atoms with van der Waals surface area (Å²) in [6.45, 7) is 4.09. The van der Waals surface area contributed by atoms with Gasteiger partial charge < -0.3 is 10.6 Å². The molecule has 2 aromatic rings. The minimum absolute atomic E-state index is 0.0245. The van der Waals surface area contributed by atoms with Gasteiger partial charge in [-0.1, -0.05) is 19.9 Å². The number of carbonyl (C=O) groups is 2. The molecule has 0 aliphatic heterocycles. The van der Waals surface area contributed by atoms with E-state index in [4.69, 9.17) is 0 Å². The van der Waals surface area contributed by atoms with Crippen molar-refractivity contribution in [2.45, 2.75) is 32.6 Å². The number of hydrogen-bond acceptors (Lipinski definition) is 3. The van der Waals surface area contributed by atoms with Crippen molar-refractivity contribution in [3.63, 3.8) is 0 Å². The zero-order valence-electron chi connectivity index (χ0n) is 13.2. The second-order valence-electron chi connectivity index (χ2n) is 6.16. The van der Waals surface area contributed by atoms with Crippen LogP contribution in [0.15, 0.2) is 30.3 Å². The van der Waals surface area contributed by atoms with Gasteiger partial charge in [0.15, 0.2) is 5.82 Å². The molecule has 3 N–H and O–H groups in total. The van der Waals surface area contributed by atoms with Crippen molar-refractivity contribution in [2.24, 2.45) is 5.92 Å². The maximum Gasteiger partial charge on any atom is 0.256 e. The first kappa shape index (κ1) is 15.3. The van der Waals surface area contributed by atoms with Gasteiger partial charge >= 0.3 is 0 Å². The van der Waals surface area contributed by atoms with Crippen molar-refractivity contribution in [3.8, 4) is 0 Å². The zero-order chi connectivity index (χ0) is 16.4. The Bertz CT molecular complexity index is 732. The second-order valence-corrected chi connectivity index (χ2v) is 6.16. The fraction of sp³-hybridized carbons (Fsp3) is 0.353. The van der Waals surface area contributed by atoms with Crippen LogP contribution in [0.25, 0.3) is 0 Å². The fourth-order valence-electron chi connectivity index (χ4n) is 2.21. The standard InChI is InChI=1S/C17H20N4O2/c1-10(2)14-9-15(21-20-14)19-17(23)12-4-3-5-13(8-12)18-16(22)11-6-7-11/h3-5,8-11H,6-7H2,1-2H3,(H,18,22)(H2,19,20,21,23). The second kappa shape index (κ2) is 6.24. The van der Waals surface area contributed by atoms with E-state index in [1.807, 2.05) is 19.9 Å². The van der Waals surface area contributed by atoms with Crippen LogP contribution in [0.4, 0.5) is 11.5 Å². The van der Waals surface area contributed by atoms with E-state index < -0.39 is 0 Å². The van der Waals surface area contributed by atoms with Gasteiger partial charge in [-0.15, -0.1) is 0 Å². The lowest BCUT2D eigenvalue weighted by atomic mass is 10.1. The summed E-state index contributed by atoms with van der Waals surface area (Å²) in [6, 6.07) is 8.73. The highest BCUT2D eigenvalue weighted by atomic mass is 16.2. The van der Waals surface area contributed by atoms with Crippen LogP contribution >= 0.6 is 0 Å². The largest absolute Gasteiger partial charge is 0.326 e. The van der Waals surface area contributed by atoms with E-state index in [1.165, 1.54) is 0 Å². The maximum atomic E-state index is 12.3. The minimum Gasteiger partial charge on any atom is -0.326 e. The van der Waals surface area contributed by atoms with E-state index >= 15 is 0 Å². The molecule has 1 aliphatic carbocycles. The first-order chi connectivity index (χ1) is 11.0. The number of nitrogens with zero attached hydrogens (tertiary/aromatic N) is 1. The molecule has 6 heteroatoms. The number of hydrogen-bond donors (Lipinski definition) is 3. The van der Waals surface area contributed by atoms with Crippen LogP contribution in [0.5, 0.6) is 0 Å². The Kier molecular flexibility index (Phi) is 4.14. The van der Waals surface area contributed by atoms with Gasteiger partial charge in [0.1, 0.15) is 0 Å². The van der Waals surface area contributed by atoms with Crippen LogP contribution in [-0.2, 0) is 4.79 Å². The molecular weight excluding hydrogens is 292 g/mol. The topological polar surface area (TPSA) is 86.9 Å². The number of aromatic nitrogens is 2. The molecule has 0 saturated heterocycles. The van der Waals surface area contributed by atoms with E-state index in [1.54, 1.807) is 24.3 Å². The highest BCUT2D eigenvalue weighted by Crippen LogP contribution is 2.30. The maximum absolute atomic E-state index is 12.3. The number of carbonyl (C=O) groups excluding carboxylic acids is 2. The Hall–Kier alpha value is -2.63. The van der Waals surface area contributed by atoms with Crippen molar-refractivity contribution in [1.82, 2.24) is 10.2 Å². The molecule has 1 aliphatic rings. The van der Waals surface area contributed by atoms with Crippen molar-refractivity contribution in [1.29, 1.82) is 0 Å². The third kappa shape index (κ3) is 3.77. The highest BCUT2D eigenvalue weighted by molar-refractivity contribution is 6.05. The number of aromatic amines is 1. The van der Waals surface area contributed by atoms with E-state index in [-0.39, 0.29) is 17.7 Å². The van der Waals surface area contributed by atoms with Crippen LogP contribution in [-0.4, -0.2) is 22.0 Å². The van der Waals surface area contributed by atoms with Gasteiger partial charge in [0.25, 0.3) is 5.91 Å². The molecule has 1 heterocycles. The average Bonchev–Trinajstić information content (AvgIpc) is 3.27. The summed E-state index contributed by atoms with van der Waals surface area (Å²) in [4.78, 5) is 24.1. The van der Waals surface area contributed by atoms with Gasteiger partial charge in [-0.3, -0.25) is 14.7 Å². The number of benzene rings is 1. The Labute approximate surface area is 134 Å². The normalized spacial score (nSPS) is 13.9. The van der Waals surface area contributed by atoms with Crippen LogP contribution < -0.4 is 10.6 Å². The first-order valence-electron chi connectivity index (χ1n) is 7.80. The Morgan fingerprint density at radius 3 is 2.65 bits per heavy atom. The Morgan fingerprint density at radius 2 is 2.00 bits per heavy atom. The smallest absolute Gasteiger partial charge is 0.256 e. The fourth-order valence-corrected chi connectivity index (χ4v) is 2.21. The summed E-state index contributed by atoms with van der Waals surface area (Å²) < 4.78 is 0. The zero-order valence-corrected chi connectivity index (χ0v) is 13.2. The van der Waals surface area contributed by atoms with Gasteiger partial charge in [-0.25, -0.2) is 0 Å². The van der Waals surface area contributed by atoms with Crippen LogP contribution in [0, 0.1) is 5.92 Å². The van der Waals surface area contributed by atoms with Crippen LogP contribution in [0.3, 0.4) is 0 Å². The van der Waals surface area contributed by atoms with Gasteiger partial charge in [0, 0.05) is 28.9 Å². The average molecular weight is 312 g/mol. The molecule has 2 amide bonds. The molecule has 0 spiro atoms. The van der Waals surface area contributed by atoms with E-state index in [9.17, 15) is 9.59 Å². The summed E-state index contributed by atoms with van der Waals surface area (Å²) >= 11 is 0. The van der Waals surface area contributed by atoms with Crippen molar-refractivity contribution in [2.75, 3.05) is 10.6 Å². The van der Waals surface area contributed by atoms with Crippen LogP contribution in [0.1, 0.15) is 48.7 Å². The molecule has 1 aromatic heterocycles. The van der Waals surface area contributed by atoms with Crippen molar-refractivity contribution in [3.05, 3.63) is 41.6 Å². The van der Waals surface area contributed by atoms with E-state index in [2.05, 4.69) is 20.8 Å². The molecule has 120 valence electrons. The molecule has 3 rings (SSSR count). The number of H-pyrrole nitrogens is 1. The third-order valence-corrected chi connectivity index (χ3v) is 3.80. The molecule has 0 radical (unpaired) electrons. The van der Waals surface area contributed by atoms with Crippen LogP contribution in [0.2, 0.25) is 0 Å². The van der Waals surface area contributed by atoms with Crippen molar-refractivity contribution >= 4 is 23.3 Å². The van der Waals surface area contributed by atoms with E-state index in [0.717, 1.165) is 18.5 Å². The van der Waals surface area contributed by atoms with Gasteiger partial charge in [0.2, 0.25) is 5.91 Å². The quantitative estimate of drug-likeness (QED) is 0.792. The molecule has 6 nitrogen and oxygen atoms in total. The lowest BCUT2D eigenvalue weighted by molar-refractivity contribution is -0.117. The first-order valence-corrected chi connectivity index (χ1v) is 7.80. The van der Waals surface area contributed by atoms with Gasteiger partial charge in [0.05, 0.1) is 0 Å². The lowest BCUT2D eigenvalue weighted by Crippen LogP contribution is -2.15. The summed E-state index contributed by atoms with van der Waals surface area (Å²) in [6.07, 6.45) is 1.90. The molecule has 1 aromatic carbocycles. The summed E-state index contributed by atoms with van der Waals surface area (Å²) in [5.74, 6) is 0.706.